The fraction of sp³-hybridized carbons (Fsp3) is 0.174. The van der Waals surface area contributed by atoms with Gasteiger partial charge in [-0.1, -0.05) is 18.2 Å². The van der Waals surface area contributed by atoms with E-state index in [2.05, 4.69) is 5.32 Å². The number of ketones is 1. The summed E-state index contributed by atoms with van der Waals surface area (Å²) in [5.74, 6) is -1.05. The topological polar surface area (TPSA) is 77.4 Å². The summed E-state index contributed by atoms with van der Waals surface area (Å²) in [7, 11) is 1.56. The SMILES string of the molecule is COc1ccc(CNC(=O)C(C(=O)c2ccc(F)cc2)n2cc(C)ccc2=O)cc1. The van der Waals surface area contributed by atoms with Gasteiger partial charge in [0.25, 0.3) is 11.5 Å². The molecule has 154 valence electrons. The zero-order chi connectivity index (χ0) is 21.7. The van der Waals surface area contributed by atoms with Crippen molar-refractivity contribution in [1.82, 2.24) is 9.88 Å². The third kappa shape index (κ3) is 4.81. The van der Waals surface area contributed by atoms with Crippen LogP contribution >= 0.6 is 0 Å². The van der Waals surface area contributed by atoms with E-state index in [1.54, 1.807) is 44.4 Å². The van der Waals surface area contributed by atoms with Crippen LogP contribution in [0.25, 0.3) is 0 Å². The number of aryl methyl sites for hydroxylation is 1. The normalized spacial score (nSPS) is 11.6. The smallest absolute Gasteiger partial charge is 0.251 e. The molecule has 3 rings (SSSR count). The van der Waals surface area contributed by atoms with E-state index in [-0.39, 0.29) is 12.1 Å². The summed E-state index contributed by atoms with van der Waals surface area (Å²) in [6, 6.07) is 13.4. The summed E-state index contributed by atoms with van der Waals surface area (Å²) >= 11 is 0. The van der Waals surface area contributed by atoms with Crippen molar-refractivity contribution in [2.24, 2.45) is 0 Å². The number of nitrogens with zero attached hydrogens (tertiary/aromatic N) is 1. The fourth-order valence-electron chi connectivity index (χ4n) is 2.99. The first-order valence-corrected chi connectivity index (χ1v) is 9.28. The maximum Gasteiger partial charge on any atom is 0.251 e. The van der Waals surface area contributed by atoms with Crippen molar-refractivity contribution in [1.29, 1.82) is 0 Å². The van der Waals surface area contributed by atoms with Crippen LogP contribution in [-0.2, 0) is 11.3 Å². The quantitative estimate of drug-likeness (QED) is 0.482. The summed E-state index contributed by atoms with van der Waals surface area (Å²) in [4.78, 5) is 38.5. The lowest BCUT2D eigenvalue weighted by Crippen LogP contribution is -2.41. The van der Waals surface area contributed by atoms with Gasteiger partial charge in [0, 0.05) is 24.4 Å². The predicted octanol–water partition coefficient (Wildman–Crippen LogP) is 3.04. The number of ether oxygens (including phenoxy) is 1. The van der Waals surface area contributed by atoms with Crippen LogP contribution in [0.5, 0.6) is 5.75 Å². The highest BCUT2D eigenvalue weighted by Gasteiger charge is 2.30. The number of carbonyl (C=O) groups is 2. The lowest BCUT2D eigenvalue weighted by molar-refractivity contribution is -0.123. The standard InChI is InChI=1S/C23H21FN2O4/c1-15-3-12-20(27)26(14-15)21(22(28)17-6-8-18(24)9-7-17)23(29)25-13-16-4-10-19(30-2)11-5-16/h3-12,14,21H,13H2,1-2H3,(H,25,29). The minimum absolute atomic E-state index is 0.134. The molecular weight excluding hydrogens is 387 g/mol. The molecule has 0 aliphatic rings. The number of methoxy groups -OCH3 is 1. The molecule has 1 amide bonds. The molecule has 0 spiro atoms. The van der Waals surface area contributed by atoms with Gasteiger partial charge in [0.15, 0.2) is 11.8 Å². The Morgan fingerprint density at radius 3 is 2.33 bits per heavy atom. The van der Waals surface area contributed by atoms with Gasteiger partial charge >= 0.3 is 0 Å². The van der Waals surface area contributed by atoms with E-state index < -0.39 is 29.1 Å². The first-order valence-electron chi connectivity index (χ1n) is 9.28. The third-order valence-corrected chi connectivity index (χ3v) is 4.62. The second kappa shape index (κ2) is 9.17. The Labute approximate surface area is 172 Å². The third-order valence-electron chi connectivity index (χ3n) is 4.62. The molecule has 3 aromatic rings. The molecule has 7 heteroatoms. The number of pyridine rings is 1. The highest BCUT2D eigenvalue weighted by molar-refractivity contribution is 6.11. The number of nitrogens with one attached hydrogen (secondary N) is 1. The molecule has 0 radical (unpaired) electrons. The van der Waals surface area contributed by atoms with Gasteiger partial charge in [0.2, 0.25) is 0 Å². The maximum absolute atomic E-state index is 13.3. The van der Waals surface area contributed by atoms with Crippen LogP contribution in [0.4, 0.5) is 4.39 Å². The molecule has 30 heavy (non-hydrogen) atoms. The number of rotatable bonds is 7. The van der Waals surface area contributed by atoms with Crippen molar-refractivity contribution in [3.63, 3.8) is 0 Å². The molecule has 0 aliphatic heterocycles. The number of carbonyl (C=O) groups excluding carboxylic acids is 2. The largest absolute Gasteiger partial charge is 0.497 e. The Balaban J connectivity index is 1.90. The Kier molecular flexibility index (Phi) is 6.41. The van der Waals surface area contributed by atoms with Crippen molar-refractivity contribution < 1.29 is 18.7 Å². The highest BCUT2D eigenvalue weighted by atomic mass is 19.1. The lowest BCUT2D eigenvalue weighted by atomic mass is 10.0. The van der Waals surface area contributed by atoms with Gasteiger partial charge in [-0.05, 0) is 54.4 Å². The van der Waals surface area contributed by atoms with Crippen LogP contribution in [0.3, 0.4) is 0 Å². The first-order chi connectivity index (χ1) is 14.4. The van der Waals surface area contributed by atoms with Crippen molar-refractivity contribution in [3.05, 3.63) is 99.7 Å². The van der Waals surface area contributed by atoms with E-state index in [9.17, 15) is 18.8 Å². The number of hydrogen-bond donors (Lipinski definition) is 1. The van der Waals surface area contributed by atoms with Crippen LogP contribution in [0.1, 0.15) is 27.5 Å². The zero-order valence-electron chi connectivity index (χ0n) is 16.6. The molecule has 1 atom stereocenters. The van der Waals surface area contributed by atoms with Gasteiger partial charge in [0.05, 0.1) is 7.11 Å². The van der Waals surface area contributed by atoms with Gasteiger partial charge in [-0.2, -0.15) is 0 Å². The molecule has 0 saturated heterocycles. The number of halogens is 1. The summed E-state index contributed by atoms with van der Waals surface area (Å²) in [5.41, 5.74) is 1.17. The molecule has 0 fully saturated rings. The molecule has 0 bridgehead atoms. The maximum atomic E-state index is 13.3. The molecule has 2 aromatic carbocycles. The van der Waals surface area contributed by atoms with Gasteiger partial charge in [0.1, 0.15) is 11.6 Å². The van der Waals surface area contributed by atoms with Gasteiger partial charge < -0.3 is 10.1 Å². The van der Waals surface area contributed by atoms with Crippen molar-refractivity contribution in [3.8, 4) is 5.75 Å². The van der Waals surface area contributed by atoms with Crippen LogP contribution in [0.15, 0.2) is 71.7 Å². The summed E-state index contributed by atoms with van der Waals surface area (Å²) in [6.07, 6.45) is 1.46. The molecule has 6 nitrogen and oxygen atoms in total. The average Bonchev–Trinajstić information content (AvgIpc) is 2.75. The first kappa shape index (κ1) is 21.0. The van der Waals surface area contributed by atoms with E-state index in [4.69, 9.17) is 4.74 Å². The van der Waals surface area contributed by atoms with Crippen molar-refractivity contribution >= 4 is 11.7 Å². The Morgan fingerprint density at radius 2 is 1.70 bits per heavy atom. The molecule has 1 aromatic heterocycles. The lowest BCUT2D eigenvalue weighted by Gasteiger charge is -2.19. The average molecular weight is 408 g/mol. The van der Waals surface area contributed by atoms with Crippen molar-refractivity contribution in [2.75, 3.05) is 7.11 Å². The number of benzene rings is 2. The van der Waals surface area contributed by atoms with Crippen LogP contribution in [0, 0.1) is 12.7 Å². The van der Waals surface area contributed by atoms with Gasteiger partial charge in [-0.3, -0.25) is 19.0 Å². The minimum atomic E-state index is -1.42. The molecule has 1 N–H and O–H groups in total. The van der Waals surface area contributed by atoms with E-state index >= 15 is 0 Å². The van der Waals surface area contributed by atoms with E-state index in [1.807, 2.05) is 0 Å². The summed E-state index contributed by atoms with van der Waals surface area (Å²) in [6.45, 7) is 1.92. The van der Waals surface area contributed by atoms with Crippen molar-refractivity contribution in [2.45, 2.75) is 19.5 Å². The predicted molar refractivity (Wildman–Crippen MR) is 110 cm³/mol. The van der Waals surface area contributed by atoms with E-state index in [0.717, 1.165) is 27.8 Å². The number of aromatic nitrogens is 1. The second-order valence-corrected chi connectivity index (χ2v) is 6.79. The van der Waals surface area contributed by atoms with Gasteiger partial charge in [-0.25, -0.2) is 4.39 Å². The summed E-state index contributed by atoms with van der Waals surface area (Å²) in [5, 5.41) is 2.71. The Bertz CT molecular complexity index is 1110. The Morgan fingerprint density at radius 1 is 1.03 bits per heavy atom. The number of Topliss-reactive ketones (excluding diaryl/α,β-unsaturated/α-hetero) is 1. The Hall–Kier alpha value is -3.74. The molecule has 1 heterocycles. The van der Waals surface area contributed by atoms with Crippen LogP contribution in [0.2, 0.25) is 0 Å². The molecule has 0 aliphatic carbocycles. The fourth-order valence-corrected chi connectivity index (χ4v) is 2.99. The molecule has 1 unspecified atom stereocenters. The van der Waals surface area contributed by atoms with Gasteiger partial charge in [-0.15, -0.1) is 0 Å². The highest BCUT2D eigenvalue weighted by Crippen LogP contribution is 2.16. The molecule has 0 saturated carbocycles. The van der Waals surface area contributed by atoms with Crippen LogP contribution < -0.4 is 15.6 Å². The number of hydrogen-bond acceptors (Lipinski definition) is 4. The minimum Gasteiger partial charge on any atom is -0.497 e. The van der Waals surface area contributed by atoms with Crippen LogP contribution in [-0.4, -0.2) is 23.4 Å². The second-order valence-electron chi connectivity index (χ2n) is 6.79. The number of amides is 1. The monoisotopic (exact) mass is 408 g/mol. The van der Waals surface area contributed by atoms with E-state index in [0.29, 0.717) is 5.75 Å². The van der Waals surface area contributed by atoms with E-state index in [1.165, 1.54) is 24.4 Å². The molecular formula is C23H21FN2O4. The summed E-state index contributed by atoms with van der Waals surface area (Å²) < 4.78 is 19.5. The zero-order valence-corrected chi connectivity index (χ0v) is 16.6.